The predicted molar refractivity (Wildman–Crippen MR) is 89.3 cm³/mol. The van der Waals surface area contributed by atoms with Crippen molar-refractivity contribution in [3.8, 4) is 6.07 Å². The summed E-state index contributed by atoms with van der Waals surface area (Å²) in [7, 11) is 0. The number of aryl methyl sites for hydroxylation is 1. The molecular formula is C16H14ClN3O2S. The number of nitrogens with zero attached hydrogens (tertiary/aromatic N) is 1. The Morgan fingerprint density at radius 2 is 1.96 bits per heavy atom. The van der Waals surface area contributed by atoms with E-state index in [4.69, 9.17) is 11.6 Å². The van der Waals surface area contributed by atoms with Crippen molar-refractivity contribution < 1.29 is 9.59 Å². The Hall–Kier alpha value is -2.36. The number of nitriles is 1. The highest BCUT2D eigenvalue weighted by atomic mass is 35.5. The number of amides is 2. The third-order valence-electron chi connectivity index (χ3n) is 3.01. The molecule has 0 saturated heterocycles. The molecule has 2 aromatic rings. The number of carbonyl (C=O) groups excluding carboxylic acids is 2. The average molecular weight is 348 g/mol. The quantitative estimate of drug-likeness (QED) is 0.872. The van der Waals surface area contributed by atoms with Gasteiger partial charge >= 0.3 is 0 Å². The van der Waals surface area contributed by atoms with Gasteiger partial charge in [0.1, 0.15) is 6.04 Å². The lowest BCUT2D eigenvalue weighted by Gasteiger charge is -2.12. The SMILES string of the molecule is Cc1ccc(C(=O)NCC(=O)N[C@@H](C#N)c2ccc(Cl)cc2)s1. The van der Waals surface area contributed by atoms with E-state index in [2.05, 4.69) is 10.6 Å². The Bertz CT molecular complexity index is 749. The van der Waals surface area contributed by atoms with Gasteiger partial charge in [-0.3, -0.25) is 9.59 Å². The van der Waals surface area contributed by atoms with Crippen molar-refractivity contribution in [3.63, 3.8) is 0 Å². The molecule has 2 rings (SSSR count). The highest BCUT2D eigenvalue weighted by Crippen LogP contribution is 2.16. The lowest BCUT2D eigenvalue weighted by atomic mass is 10.1. The standard InChI is InChI=1S/C16H14ClN3O2S/c1-10-2-7-14(23-10)16(22)19-9-15(21)20-13(8-18)11-3-5-12(17)6-4-11/h2-7,13H,9H2,1H3,(H,19,22)(H,20,21)/t13-/m0/s1. The molecule has 1 atom stereocenters. The number of halogens is 1. The first-order valence-electron chi connectivity index (χ1n) is 6.78. The third-order valence-corrected chi connectivity index (χ3v) is 4.26. The number of benzene rings is 1. The van der Waals surface area contributed by atoms with Gasteiger partial charge in [0.15, 0.2) is 0 Å². The lowest BCUT2D eigenvalue weighted by Crippen LogP contribution is -2.38. The summed E-state index contributed by atoms with van der Waals surface area (Å²) in [6.07, 6.45) is 0. The fourth-order valence-electron chi connectivity index (χ4n) is 1.86. The fourth-order valence-corrected chi connectivity index (χ4v) is 2.77. The topological polar surface area (TPSA) is 82.0 Å². The summed E-state index contributed by atoms with van der Waals surface area (Å²) in [6.45, 7) is 1.71. The van der Waals surface area contributed by atoms with E-state index in [1.54, 1.807) is 30.3 Å². The Kier molecular flexibility index (Phi) is 5.74. The van der Waals surface area contributed by atoms with Crippen molar-refractivity contribution in [3.05, 3.63) is 56.7 Å². The van der Waals surface area contributed by atoms with Gasteiger partial charge in [0, 0.05) is 9.90 Å². The molecule has 23 heavy (non-hydrogen) atoms. The van der Waals surface area contributed by atoms with Crippen LogP contribution in [-0.2, 0) is 4.79 Å². The van der Waals surface area contributed by atoms with Crippen LogP contribution in [0.1, 0.15) is 26.2 Å². The zero-order valence-corrected chi connectivity index (χ0v) is 13.9. The van der Waals surface area contributed by atoms with E-state index in [0.29, 0.717) is 15.5 Å². The van der Waals surface area contributed by atoms with Crippen LogP contribution in [0, 0.1) is 18.3 Å². The van der Waals surface area contributed by atoms with Crippen LogP contribution in [0.5, 0.6) is 0 Å². The molecule has 0 unspecified atom stereocenters. The molecule has 0 aliphatic heterocycles. The van der Waals surface area contributed by atoms with Gasteiger partial charge in [0.25, 0.3) is 5.91 Å². The first-order valence-corrected chi connectivity index (χ1v) is 7.98. The molecule has 7 heteroatoms. The zero-order chi connectivity index (χ0) is 16.8. The fraction of sp³-hybridized carbons (Fsp3) is 0.188. The molecule has 2 N–H and O–H groups in total. The molecule has 1 aromatic heterocycles. The number of thiophene rings is 1. The van der Waals surface area contributed by atoms with E-state index in [9.17, 15) is 14.9 Å². The second kappa shape index (κ2) is 7.77. The average Bonchev–Trinajstić information content (AvgIpc) is 2.98. The Morgan fingerprint density at radius 3 is 2.52 bits per heavy atom. The first kappa shape index (κ1) is 17.0. The van der Waals surface area contributed by atoms with E-state index in [-0.39, 0.29) is 12.5 Å². The maximum atomic E-state index is 11.9. The van der Waals surface area contributed by atoms with Crippen LogP contribution in [0.3, 0.4) is 0 Å². The molecule has 5 nitrogen and oxygen atoms in total. The van der Waals surface area contributed by atoms with E-state index >= 15 is 0 Å². The summed E-state index contributed by atoms with van der Waals surface area (Å²) in [5, 5.41) is 14.8. The highest BCUT2D eigenvalue weighted by Gasteiger charge is 2.15. The second-order valence-corrected chi connectivity index (χ2v) is 6.50. The van der Waals surface area contributed by atoms with Crippen LogP contribution < -0.4 is 10.6 Å². The molecule has 0 spiro atoms. The minimum Gasteiger partial charge on any atom is -0.342 e. The monoisotopic (exact) mass is 347 g/mol. The smallest absolute Gasteiger partial charge is 0.261 e. The number of hydrogen-bond donors (Lipinski definition) is 2. The van der Waals surface area contributed by atoms with Crippen LogP contribution in [0.15, 0.2) is 36.4 Å². The summed E-state index contributed by atoms with van der Waals surface area (Å²) in [5.74, 6) is -0.744. The molecule has 0 bridgehead atoms. The first-order chi connectivity index (χ1) is 11.0. The summed E-state index contributed by atoms with van der Waals surface area (Å²) in [5.41, 5.74) is 0.630. The van der Waals surface area contributed by atoms with Gasteiger partial charge in [-0.1, -0.05) is 23.7 Å². The van der Waals surface area contributed by atoms with Crippen molar-refractivity contribution in [1.82, 2.24) is 10.6 Å². The highest BCUT2D eigenvalue weighted by molar-refractivity contribution is 7.13. The van der Waals surface area contributed by atoms with Gasteiger partial charge in [-0.2, -0.15) is 5.26 Å². The van der Waals surface area contributed by atoms with Crippen LogP contribution in [-0.4, -0.2) is 18.4 Å². The minimum absolute atomic E-state index is 0.193. The lowest BCUT2D eigenvalue weighted by molar-refractivity contribution is -0.120. The third kappa shape index (κ3) is 4.81. The largest absolute Gasteiger partial charge is 0.342 e. The maximum Gasteiger partial charge on any atom is 0.261 e. The van der Waals surface area contributed by atoms with Gasteiger partial charge < -0.3 is 10.6 Å². The Balaban J connectivity index is 1.89. The molecule has 0 aliphatic rings. The van der Waals surface area contributed by atoms with Gasteiger partial charge in [-0.25, -0.2) is 0 Å². The maximum absolute atomic E-state index is 11.9. The molecule has 0 saturated carbocycles. The molecule has 0 fully saturated rings. The molecule has 2 amide bonds. The van der Waals surface area contributed by atoms with Crippen LogP contribution >= 0.6 is 22.9 Å². The van der Waals surface area contributed by atoms with Crippen molar-refractivity contribution in [1.29, 1.82) is 5.26 Å². The predicted octanol–water partition coefficient (Wildman–Crippen LogP) is 2.82. The van der Waals surface area contributed by atoms with E-state index in [1.807, 2.05) is 19.1 Å². The number of carbonyl (C=O) groups is 2. The van der Waals surface area contributed by atoms with Crippen molar-refractivity contribution >= 4 is 34.8 Å². The second-order valence-electron chi connectivity index (χ2n) is 4.77. The van der Waals surface area contributed by atoms with Gasteiger partial charge in [0.2, 0.25) is 5.91 Å². The summed E-state index contributed by atoms with van der Waals surface area (Å²) < 4.78 is 0. The zero-order valence-electron chi connectivity index (χ0n) is 12.3. The van der Waals surface area contributed by atoms with Gasteiger partial charge in [-0.15, -0.1) is 11.3 Å². The Labute approximate surface area is 142 Å². The molecule has 1 aromatic carbocycles. The molecule has 0 radical (unpaired) electrons. The molecule has 1 heterocycles. The minimum atomic E-state index is -0.791. The summed E-state index contributed by atoms with van der Waals surface area (Å²) in [6, 6.07) is 11.4. The van der Waals surface area contributed by atoms with Crippen LogP contribution in [0.25, 0.3) is 0 Å². The Morgan fingerprint density at radius 1 is 1.26 bits per heavy atom. The molecule has 118 valence electrons. The van der Waals surface area contributed by atoms with Crippen molar-refractivity contribution in [2.45, 2.75) is 13.0 Å². The van der Waals surface area contributed by atoms with Crippen LogP contribution in [0.2, 0.25) is 5.02 Å². The number of rotatable bonds is 5. The number of hydrogen-bond acceptors (Lipinski definition) is 4. The molecular weight excluding hydrogens is 334 g/mol. The van der Waals surface area contributed by atoms with Crippen molar-refractivity contribution in [2.24, 2.45) is 0 Å². The molecule has 0 aliphatic carbocycles. The van der Waals surface area contributed by atoms with E-state index < -0.39 is 11.9 Å². The van der Waals surface area contributed by atoms with Gasteiger partial charge in [0.05, 0.1) is 17.5 Å². The normalized spacial score (nSPS) is 11.3. The van der Waals surface area contributed by atoms with Crippen molar-refractivity contribution in [2.75, 3.05) is 6.54 Å². The van der Waals surface area contributed by atoms with E-state index in [1.165, 1.54) is 11.3 Å². The number of nitrogens with one attached hydrogen (secondary N) is 2. The van der Waals surface area contributed by atoms with E-state index in [0.717, 1.165) is 4.88 Å². The van der Waals surface area contributed by atoms with Gasteiger partial charge in [-0.05, 0) is 36.8 Å². The summed E-state index contributed by atoms with van der Waals surface area (Å²) in [4.78, 5) is 25.3. The van der Waals surface area contributed by atoms with Crippen LogP contribution in [0.4, 0.5) is 0 Å². The summed E-state index contributed by atoms with van der Waals surface area (Å²) >= 11 is 7.15.